The van der Waals surface area contributed by atoms with E-state index in [1.807, 2.05) is 0 Å². The molecular weight excluding hydrogens is 330 g/mol. The molecule has 0 radical (unpaired) electrons. The van der Waals surface area contributed by atoms with Crippen molar-refractivity contribution >= 4 is 21.9 Å². The molecule has 1 aliphatic carbocycles. The second-order valence-electron chi connectivity index (χ2n) is 5.91. The zero-order chi connectivity index (χ0) is 14.7. The van der Waals surface area contributed by atoms with Crippen LogP contribution in [0.15, 0.2) is 33.7 Å². The Morgan fingerprint density at radius 1 is 1.24 bits per heavy atom. The lowest BCUT2D eigenvalue weighted by atomic mass is 9.64. The molecule has 2 aliphatic rings. The minimum absolute atomic E-state index is 0.192. The highest BCUT2D eigenvalue weighted by Gasteiger charge is 2.38. The minimum atomic E-state index is 0.192. The van der Waals surface area contributed by atoms with Gasteiger partial charge in [-0.15, -0.1) is 0 Å². The quantitative estimate of drug-likeness (QED) is 0.672. The number of nitrogens with zero attached hydrogens (tertiary/aromatic N) is 2. The van der Waals surface area contributed by atoms with Crippen LogP contribution in [0, 0.1) is 0 Å². The lowest BCUT2D eigenvalue weighted by Crippen LogP contribution is -2.46. The highest BCUT2D eigenvalue weighted by molar-refractivity contribution is 9.10. The molecule has 4 nitrogen and oxygen atoms in total. The van der Waals surface area contributed by atoms with Gasteiger partial charge in [-0.3, -0.25) is 4.99 Å². The first-order valence-electron chi connectivity index (χ1n) is 7.58. The van der Waals surface area contributed by atoms with Crippen LogP contribution < -0.4 is 5.73 Å². The van der Waals surface area contributed by atoms with Gasteiger partial charge >= 0.3 is 0 Å². The lowest BCUT2D eigenvalue weighted by molar-refractivity contribution is 0.0673. The molecule has 0 amide bonds. The highest BCUT2D eigenvalue weighted by atomic mass is 79.9. The third-order valence-corrected chi connectivity index (χ3v) is 5.17. The molecule has 5 heteroatoms. The molecule has 2 fully saturated rings. The Balaban J connectivity index is 1.70. The Bertz CT molecular complexity index is 505. The Kier molecular flexibility index (Phi) is 4.50. The molecule has 1 aliphatic heterocycles. The van der Waals surface area contributed by atoms with E-state index in [9.17, 15) is 0 Å². The van der Waals surface area contributed by atoms with Gasteiger partial charge in [-0.2, -0.15) is 0 Å². The van der Waals surface area contributed by atoms with Gasteiger partial charge in [0.2, 0.25) is 0 Å². The number of nitrogens with two attached hydrogens (primary N) is 1. The van der Waals surface area contributed by atoms with Gasteiger partial charge in [0.25, 0.3) is 0 Å². The molecule has 0 bridgehead atoms. The maximum Gasteiger partial charge on any atom is 0.191 e. The first kappa shape index (κ1) is 14.9. The van der Waals surface area contributed by atoms with Crippen LogP contribution in [-0.4, -0.2) is 43.7 Å². The summed E-state index contributed by atoms with van der Waals surface area (Å²) in [6, 6.07) is 8.66. The molecule has 1 heterocycles. The average molecular weight is 352 g/mol. The molecule has 0 atom stereocenters. The molecular formula is C16H22BrN3O. The van der Waals surface area contributed by atoms with E-state index in [0.717, 1.165) is 37.3 Å². The maximum absolute atomic E-state index is 6.15. The molecule has 2 N–H and O–H groups in total. The summed E-state index contributed by atoms with van der Waals surface area (Å²) in [5.74, 6) is 0.668. The first-order valence-corrected chi connectivity index (χ1v) is 8.38. The number of morpholine rings is 1. The van der Waals surface area contributed by atoms with Crippen LogP contribution in [0.2, 0.25) is 0 Å². The van der Waals surface area contributed by atoms with E-state index in [4.69, 9.17) is 15.5 Å². The van der Waals surface area contributed by atoms with Crippen LogP contribution in [0.1, 0.15) is 24.8 Å². The summed E-state index contributed by atoms with van der Waals surface area (Å²) < 4.78 is 6.47. The largest absolute Gasteiger partial charge is 0.378 e. The van der Waals surface area contributed by atoms with Crippen molar-refractivity contribution < 1.29 is 4.74 Å². The van der Waals surface area contributed by atoms with Gasteiger partial charge in [-0.1, -0.05) is 34.5 Å². The van der Waals surface area contributed by atoms with Crippen LogP contribution in [0.4, 0.5) is 0 Å². The number of hydrogen-bond donors (Lipinski definition) is 1. The van der Waals surface area contributed by atoms with Crippen LogP contribution in [0.3, 0.4) is 0 Å². The Morgan fingerprint density at radius 3 is 2.48 bits per heavy atom. The first-order chi connectivity index (χ1) is 10.2. The fraction of sp³-hybridized carbons (Fsp3) is 0.562. The van der Waals surface area contributed by atoms with Gasteiger partial charge in [0.15, 0.2) is 5.96 Å². The van der Waals surface area contributed by atoms with Crippen molar-refractivity contribution in [3.8, 4) is 0 Å². The fourth-order valence-corrected chi connectivity index (χ4v) is 3.33. The second kappa shape index (κ2) is 6.36. The van der Waals surface area contributed by atoms with E-state index in [1.165, 1.54) is 24.8 Å². The van der Waals surface area contributed by atoms with Crippen molar-refractivity contribution in [3.05, 3.63) is 34.3 Å². The molecule has 1 saturated carbocycles. The number of ether oxygens (including phenoxy) is 1. The molecule has 0 spiro atoms. The van der Waals surface area contributed by atoms with Crippen LogP contribution in [-0.2, 0) is 10.2 Å². The number of aliphatic imine (C=N–C) groups is 1. The molecule has 1 aromatic rings. The van der Waals surface area contributed by atoms with Crippen molar-refractivity contribution in [1.82, 2.24) is 4.90 Å². The summed E-state index contributed by atoms with van der Waals surface area (Å²) in [6.45, 7) is 3.97. The maximum atomic E-state index is 6.15. The number of rotatable bonds is 3. The third-order valence-electron chi connectivity index (χ3n) is 4.65. The molecule has 114 valence electrons. The van der Waals surface area contributed by atoms with Gasteiger partial charge < -0.3 is 15.4 Å². The van der Waals surface area contributed by atoms with E-state index >= 15 is 0 Å². The van der Waals surface area contributed by atoms with E-state index in [-0.39, 0.29) is 5.41 Å². The summed E-state index contributed by atoms with van der Waals surface area (Å²) in [7, 11) is 0. The molecule has 1 saturated heterocycles. The number of guanidine groups is 1. The lowest BCUT2D eigenvalue weighted by Gasteiger charge is -2.41. The summed E-state index contributed by atoms with van der Waals surface area (Å²) in [5.41, 5.74) is 7.73. The third kappa shape index (κ3) is 3.24. The van der Waals surface area contributed by atoms with Crippen molar-refractivity contribution in [1.29, 1.82) is 0 Å². The van der Waals surface area contributed by atoms with Gasteiger partial charge in [0, 0.05) is 23.0 Å². The average Bonchev–Trinajstić information content (AvgIpc) is 2.48. The fourth-order valence-electron chi connectivity index (χ4n) is 3.07. The zero-order valence-electron chi connectivity index (χ0n) is 12.2. The number of benzene rings is 1. The molecule has 1 aromatic carbocycles. The van der Waals surface area contributed by atoms with Gasteiger partial charge in [-0.05, 0) is 30.5 Å². The standard InChI is InChI=1S/C16H22BrN3O/c17-14-4-2-13(3-5-14)16(6-1-7-16)12-19-15(18)20-8-10-21-11-9-20/h2-5H,1,6-12H2,(H2,18,19). The minimum Gasteiger partial charge on any atom is -0.378 e. The van der Waals surface area contributed by atoms with Crippen molar-refractivity contribution in [2.45, 2.75) is 24.7 Å². The van der Waals surface area contributed by atoms with E-state index in [2.05, 4.69) is 45.1 Å². The van der Waals surface area contributed by atoms with E-state index in [1.54, 1.807) is 0 Å². The summed E-state index contributed by atoms with van der Waals surface area (Å²) in [6.07, 6.45) is 3.69. The van der Waals surface area contributed by atoms with Crippen molar-refractivity contribution in [3.63, 3.8) is 0 Å². The number of halogens is 1. The van der Waals surface area contributed by atoms with Gasteiger partial charge in [-0.25, -0.2) is 0 Å². The zero-order valence-corrected chi connectivity index (χ0v) is 13.8. The number of hydrogen-bond acceptors (Lipinski definition) is 2. The van der Waals surface area contributed by atoms with E-state index < -0.39 is 0 Å². The molecule has 0 aromatic heterocycles. The Labute approximate surface area is 134 Å². The molecule has 3 rings (SSSR count). The van der Waals surface area contributed by atoms with Gasteiger partial charge in [0.1, 0.15) is 0 Å². The van der Waals surface area contributed by atoms with Gasteiger partial charge in [0.05, 0.1) is 19.8 Å². The predicted molar refractivity (Wildman–Crippen MR) is 88.6 cm³/mol. The Hall–Kier alpha value is -1.07. The van der Waals surface area contributed by atoms with Crippen molar-refractivity contribution in [2.75, 3.05) is 32.8 Å². The predicted octanol–water partition coefficient (Wildman–Crippen LogP) is 2.52. The Morgan fingerprint density at radius 2 is 1.90 bits per heavy atom. The topological polar surface area (TPSA) is 50.8 Å². The second-order valence-corrected chi connectivity index (χ2v) is 6.83. The van der Waals surface area contributed by atoms with Crippen LogP contribution in [0.25, 0.3) is 0 Å². The summed E-state index contributed by atoms with van der Waals surface area (Å²) in [4.78, 5) is 6.82. The van der Waals surface area contributed by atoms with Crippen LogP contribution >= 0.6 is 15.9 Å². The molecule has 21 heavy (non-hydrogen) atoms. The van der Waals surface area contributed by atoms with Crippen molar-refractivity contribution in [2.24, 2.45) is 10.7 Å². The van der Waals surface area contributed by atoms with E-state index in [0.29, 0.717) is 5.96 Å². The summed E-state index contributed by atoms with van der Waals surface area (Å²) >= 11 is 3.50. The van der Waals surface area contributed by atoms with Crippen LogP contribution in [0.5, 0.6) is 0 Å². The normalized spacial score (nSPS) is 22.0. The SMILES string of the molecule is NC(=NCC1(c2ccc(Br)cc2)CCC1)N1CCOCC1. The smallest absolute Gasteiger partial charge is 0.191 e. The molecule has 0 unspecified atom stereocenters. The monoisotopic (exact) mass is 351 g/mol. The summed E-state index contributed by atoms with van der Waals surface area (Å²) in [5, 5.41) is 0. The highest BCUT2D eigenvalue weighted by Crippen LogP contribution is 2.44.